The molecule has 0 aliphatic carbocycles. The van der Waals surface area contributed by atoms with Gasteiger partial charge in [0.2, 0.25) is 0 Å². The van der Waals surface area contributed by atoms with Gasteiger partial charge in [0.15, 0.2) is 6.10 Å². The smallest absolute Gasteiger partial charge is 0.339 e. The van der Waals surface area contributed by atoms with Crippen molar-refractivity contribution < 1.29 is 19.2 Å². The minimum atomic E-state index is -0.997. The van der Waals surface area contributed by atoms with Crippen molar-refractivity contribution in [1.29, 1.82) is 0 Å². The molecule has 140 valence electrons. The van der Waals surface area contributed by atoms with Crippen LogP contribution in [0.2, 0.25) is 0 Å². The van der Waals surface area contributed by atoms with Gasteiger partial charge in [0.05, 0.1) is 15.4 Å². The first-order valence-corrected chi connectivity index (χ1v) is 9.57. The van der Waals surface area contributed by atoms with Crippen LogP contribution in [-0.2, 0) is 16.0 Å². The summed E-state index contributed by atoms with van der Waals surface area (Å²) in [5.41, 5.74) is 1.78. The summed E-state index contributed by atoms with van der Waals surface area (Å²) >= 11 is 1.22. The van der Waals surface area contributed by atoms with Gasteiger partial charge in [0.1, 0.15) is 0 Å². The average Bonchev–Trinajstić information content (AvgIpc) is 3.10. The molecular weight excluding hydrogens is 368 g/mol. The fraction of sp³-hybridized carbons (Fsp3) is 0.263. The van der Waals surface area contributed by atoms with E-state index < -0.39 is 17.0 Å². The Kier molecular flexibility index (Phi) is 5.46. The molecule has 0 bridgehead atoms. The third kappa shape index (κ3) is 3.80. The Balaban J connectivity index is 1.74. The Morgan fingerprint density at radius 2 is 2.00 bits per heavy atom. The van der Waals surface area contributed by atoms with Gasteiger partial charge >= 0.3 is 5.97 Å². The van der Waals surface area contributed by atoms with E-state index in [1.807, 2.05) is 24.3 Å². The van der Waals surface area contributed by atoms with Gasteiger partial charge in [-0.25, -0.2) is 4.79 Å². The molecule has 1 aliphatic heterocycles. The first kappa shape index (κ1) is 18.9. The van der Waals surface area contributed by atoms with E-state index in [0.29, 0.717) is 11.4 Å². The Morgan fingerprint density at radius 3 is 2.70 bits per heavy atom. The van der Waals surface area contributed by atoms with Gasteiger partial charge in [0.25, 0.3) is 11.6 Å². The molecule has 0 unspecified atom stereocenters. The van der Waals surface area contributed by atoms with E-state index in [1.165, 1.54) is 36.9 Å². The molecule has 0 radical (unpaired) electrons. The third-order valence-corrected chi connectivity index (χ3v) is 5.18. The molecule has 0 aromatic heterocycles. The lowest BCUT2D eigenvalue weighted by Crippen LogP contribution is -2.39. The third-order valence-electron chi connectivity index (χ3n) is 4.40. The molecule has 8 heteroatoms. The van der Waals surface area contributed by atoms with Gasteiger partial charge < -0.3 is 9.64 Å². The number of hydrogen-bond acceptors (Lipinski definition) is 6. The molecule has 1 amide bonds. The molecule has 1 heterocycles. The van der Waals surface area contributed by atoms with Crippen LogP contribution >= 0.6 is 11.8 Å². The number of esters is 1. The zero-order chi connectivity index (χ0) is 19.6. The predicted molar refractivity (Wildman–Crippen MR) is 102 cm³/mol. The SMILES string of the molecule is CSc1ccc(C(=O)O[C@@H](C)C(=O)N2CCc3ccccc32)cc1[N+](=O)[O-]. The van der Waals surface area contributed by atoms with Crippen LogP contribution in [-0.4, -0.2) is 35.7 Å². The van der Waals surface area contributed by atoms with Gasteiger partial charge in [-0.3, -0.25) is 14.9 Å². The van der Waals surface area contributed by atoms with Gasteiger partial charge in [-0.1, -0.05) is 18.2 Å². The fourth-order valence-corrected chi connectivity index (χ4v) is 3.57. The Bertz CT molecular complexity index is 915. The molecule has 0 fully saturated rings. The fourth-order valence-electron chi connectivity index (χ4n) is 3.03. The normalized spacial score (nSPS) is 13.8. The number of amides is 1. The number of para-hydroxylation sites is 1. The molecule has 0 N–H and O–H groups in total. The highest BCUT2D eigenvalue weighted by molar-refractivity contribution is 7.98. The molecule has 0 spiro atoms. The van der Waals surface area contributed by atoms with Crippen molar-refractivity contribution in [2.75, 3.05) is 17.7 Å². The maximum atomic E-state index is 12.7. The zero-order valence-electron chi connectivity index (χ0n) is 14.9. The number of rotatable bonds is 5. The number of nitro groups is 1. The van der Waals surface area contributed by atoms with Gasteiger partial charge in [-0.05, 0) is 43.4 Å². The van der Waals surface area contributed by atoms with E-state index in [2.05, 4.69) is 0 Å². The number of nitrogens with zero attached hydrogens (tertiary/aromatic N) is 2. The highest BCUT2D eigenvalue weighted by Crippen LogP contribution is 2.30. The lowest BCUT2D eigenvalue weighted by molar-refractivity contribution is -0.387. The summed E-state index contributed by atoms with van der Waals surface area (Å²) in [5.74, 6) is -1.08. The maximum absolute atomic E-state index is 12.7. The minimum Gasteiger partial charge on any atom is -0.449 e. The highest BCUT2D eigenvalue weighted by atomic mass is 32.2. The number of fused-ring (bicyclic) bond motifs is 1. The monoisotopic (exact) mass is 386 g/mol. The molecule has 2 aromatic carbocycles. The van der Waals surface area contributed by atoms with Gasteiger partial charge in [0, 0.05) is 18.3 Å². The van der Waals surface area contributed by atoms with Crippen molar-refractivity contribution in [3.8, 4) is 0 Å². The number of carbonyl (C=O) groups excluding carboxylic acids is 2. The topological polar surface area (TPSA) is 89.8 Å². The van der Waals surface area contributed by atoms with Crippen molar-refractivity contribution in [2.45, 2.75) is 24.3 Å². The van der Waals surface area contributed by atoms with Crippen LogP contribution in [0.3, 0.4) is 0 Å². The number of anilines is 1. The average molecular weight is 386 g/mol. The second-order valence-electron chi connectivity index (χ2n) is 6.06. The summed E-state index contributed by atoms with van der Waals surface area (Å²) < 4.78 is 5.27. The second-order valence-corrected chi connectivity index (χ2v) is 6.91. The van der Waals surface area contributed by atoms with Crippen molar-refractivity contribution >= 4 is 35.0 Å². The van der Waals surface area contributed by atoms with E-state index in [-0.39, 0.29) is 17.2 Å². The number of ether oxygens (including phenoxy) is 1. The van der Waals surface area contributed by atoms with Gasteiger partial charge in [-0.15, -0.1) is 11.8 Å². The standard InChI is InChI=1S/C19H18N2O5S/c1-12(18(22)20-10-9-13-5-3-4-6-15(13)20)26-19(23)14-7-8-17(27-2)16(11-14)21(24)25/h3-8,11-12H,9-10H2,1-2H3/t12-/m0/s1. The summed E-state index contributed by atoms with van der Waals surface area (Å²) in [6.45, 7) is 2.04. The molecule has 1 atom stereocenters. The van der Waals surface area contributed by atoms with Crippen LogP contribution < -0.4 is 4.90 Å². The lowest BCUT2D eigenvalue weighted by atomic mass is 10.2. The molecule has 3 rings (SSSR count). The summed E-state index contributed by atoms with van der Waals surface area (Å²) in [4.78, 5) is 37.7. The van der Waals surface area contributed by atoms with Crippen LogP contribution in [0.5, 0.6) is 0 Å². The number of thioether (sulfide) groups is 1. The van der Waals surface area contributed by atoms with Crippen LogP contribution in [0.25, 0.3) is 0 Å². The highest BCUT2D eigenvalue weighted by Gasteiger charge is 2.30. The minimum absolute atomic E-state index is 0.0426. The summed E-state index contributed by atoms with van der Waals surface area (Å²) in [5, 5.41) is 11.2. The number of benzene rings is 2. The Morgan fingerprint density at radius 1 is 1.26 bits per heavy atom. The van der Waals surface area contributed by atoms with Gasteiger partial charge in [-0.2, -0.15) is 0 Å². The second kappa shape index (κ2) is 7.79. The van der Waals surface area contributed by atoms with E-state index in [1.54, 1.807) is 11.2 Å². The predicted octanol–water partition coefficient (Wildman–Crippen LogP) is 3.45. The molecular formula is C19H18N2O5S. The van der Waals surface area contributed by atoms with Crippen LogP contribution in [0.15, 0.2) is 47.4 Å². The van der Waals surface area contributed by atoms with E-state index >= 15 is 0 Å². The molecule has 2 aromatic rings. The molecule has 0 saturated carbocycles. The van der Waals surface area contributed by atoms with E-state index in [0.717, 1.165) is 17.7 Å². The first-order chi connectivity index (χ1) is 12.9. The Labute approximate surface area is 160 Å². The number of carbonyl (C=O) groups is 2. The summed E-state index contributed by atoms with van der Waals surface area (Å²) in [6, 6.07) is 11.7. The first-order valence-electron chi connectivity index (χ1n) is 8.35. The molecule has 0 saturated heterocycles. The van der Waals surface area contributed by atoms with E-state index in [4.69, 9.17) is 4.74 Å². The number of hydrogen-bond donors (Lipinski definition) is 0. The zero-order valence-corrected chi connectivity index (χ0v) is 15.7. The van der Waals surface area contributed by atoms with Crippen molar-refractivity contribution in [1.82, 2.24) is 0 Å². The quantitative estimate of drug-likeness (QED) is 0.338. The van der Waals surface area contributed by atoms with E-state index in [9.17, 15) is 19.7 Å². The summed E-state index contributed by atoms with van der Waals surface area (Å²) in [6.07, 6.45) is 1.47. The molecule has 7 nitrogen and oxygen atoms in total. The largest absolute Gasteiger partial charge is 0.449 e. The van der Waals surface area contributed by atoms with Crippen LogP contribution in [0.1, 0.15) is 22.8 Å². The summed E-state index contributed by atoms with van der Waals surface area (Å²) in [7, 11) is 0. The van der Waals surface area contributed by atoms with Crippen molar-refractivity contribution in [3.63, 3.8) is 0 Å². The van der Waals surface area contributed by atoms with Crippen molar-refractivity contribution in [2.24, 2.45) is 0 Å². The maximum Gasteiger partial charge on any atom is 0.339 e. The molecule has 1 aliphatic rings. The Hall–Kier alpha value is -2.87. The lowest BCUT2D eigenvalue weighted by Gasteiger charge is -2.21. The number of nitro benzene ring substituents is 1. The molecule has 27 heavy (non-hydrogen) atoms. The van der Waals surface area contributed by atoms with Crippen LogP contribution in [0, 0.1) is 10.1 Å². The van der Waals surface area contributed by atoms with Crippen LogP contribution in [0.4, 0.5) is 11.4 Å². The van der Waals surface area contributed by atoms with Crippen molar-refractivity contribution in [3.05, 3.63) is 63.7 Å².